The molecule has 1 aliphatic rings. The van der Waals surface area contributed by atoms with Gasteiger partial charge in [0.25, 0.3) is 5.91 Å². The van der Waals surface area contributed by atoms with Gasteiger partial charge in [0.15, 0.2) is 11.5 Å². The zero-order chi connectivity index (χ0) is 19.8. The van der Waals surface area contributed by atoms with Crippen LogP contribution in [0, 0.1) is 0 Å². The second-order valence-corrected chi connectivity index (χ2v) is 6.55. The number of aromatic nitrogens is 1. The largest absolute Gasteiger partial charge is 0.495 e. The van der Waals surface area contributed by atoms with Crippen LogP contribution in [0.3, 0.4) is 0 Å². The third-order valence-corrected chi connectivity index (χ3v) is 4.91. The molecule has 8 heteroatoms. The van der Waals surface area contributed by atoms with Crippen molar-refractivity contribution in [3.63, 3.8) is 0 Å². The summed E-state index contributed by atoms with van der Waals surface area (Å²) in [6, 6.07) is 10.7. The average Bonchev–Trinajstić information content (AvgIpc) is 3.17. The van der Waals surface area contributed by atoms with Crippen LogP contribution in [0.4, 0.5) is 5.69 Å². The van der Waals surface area contributed by atoms with E-state index in [0.717, 1.165) is 5.56 Å². The maximum atomic E-state index is 13.1. The van der Waals surface area contributed by atoms with Gasteiger partial charge in [0.1, 0.15) is 23.9 Å². The lowest BCUT2D eigenvalue weighted by Gasteiger charge is -2.21. The van der Waals surface area contributed by atoms with E-state index in [1.165, 1.54) is 19.1 Å². The molecule has 0 spiro atoms. The van der Waals surface area contributed by atoms with Crippen LogP contribution >= 0.6 is 11.6 Å². The molecule has 2 heterocycles. The van der Waals surface area contributed by atoms with Gasteiger partial charge in [-0.25, -0.2) is 0 Å². The Morgan fingerprint density at radius 2 is 1.93 bits per heavy atom. The van der Waals surface area contributed by atoms with E-state index in [-0.39, 0.29) is 18.2 Å². The summed E-state index contributed by atoms with van der Waals surface area (Å²) in [6.07, 6.45) is 0. The molecule has 7 nitrogen and oxygen atoms in total. The minimum absolute atomic E-state index is 0.181. The number of para-hydroxylation sites is 1. The van der Waals surface area contributed by atoms with Crippen molar-refractivity contribution in [2.45, 2.75) is 6.61 Å². The lowest BCUT2D eigenvalue weighted by atomic mass is 10.0. The summed E-state index contributed by atoms with van der Waals surface area (Å²) in [5, 5.41) is 4.37. The predicted octanol–water partition coefficient (Wildman–Crippen LogP) is 4.18. The van der Waals surface area contributed by atoms with Crippen LogP contribution in [0.5, 0.6) is 17.2 Å². The lowest BCUT2D eigenvalue weighted by molar-refractivity contribution is 0.0981. The number of amides is 1. The summed E-state index contributed by atoms with van der Waals surface area (Å²) in [6.45, 7) is 0.200. The third kappa shape index (κ3) is 2.84. The van der Waals surface area contributed by atoms with Crippen molar-refractivity contribution in [2.24, 2.45) is 0 Å². The lowest BCUT2D eigenvalue weighted by Crippen LogP contribution is -2.28. The number of nitrogens with zero attached hydrogens (tertiary/aromatic N) is 2. The number of halogens is 1. The van der Waals surface area contributed by atoms with Crippen LogP contribution in [-0.4, -0.2) is 32.3 Å². The Kier molecular flexibility index (Phi) is 4.60. The van der Waals surface area contributed by atoms with Crippen molar-refractivity contribution < 1.29 is 23.5 Å². The summed E-state index contributed by atoms with van der Waals surface area (Å²) in [7, 11) is 4.63. The van der Waals surface area contributed by atoms with E-state index in [0.29, 0.717) is 39.3 Å². The zero-order valence-corrected chi connectivity index (χ0v) is 16.2. The Balaban J connectivity index is 1.72. The summed E-state index contributed by atoms with van der Waals surface area (Å²) < 4.78 is 21.8. The molecule has 0 saturated heterocycles. The minimum atomic E-state index is -0.368. The number of rotatable bonds is 4. The van der Waals surface area contributed by atoms with Gasteiger partial charge in [0, 0.05) is 13.1 Å². The highest BCUT2D eigenvalue weighted by Gasteiger charge is 2.31. The Hall–Kier alpha value is -3.19. The van der Waals surface area contributed by atoms with E-state index in [1.54, 1.807) is 19.2 Å². The quantitative estimate of drug-likeness (QED) is 0.654. The number of methoxy groups -OCH3 is 2. The second-order valence-electron chi connectivity index (χ2n) is 6.15. The van der Waals surface area contributed by atoms with Crippen molar-refractivity contribution in [3.8, 4) is 28.6 Å². The molecule has 3 aromatic rings. The first-order valence-corrected chi connectivity index (χ1v) is 8.83. The molecule has 0 unspecified atom stereocenters. The average molecular weight is 401 g/mol. The molecule has 144 valence electrons. The normalized spacial score (nSPS) is 11.9. The first-order valence-electron chi connectivity index (χ1n) is 8.45. The molecule has 0 saturated carbocycles. The van der Waals surface area contributed by atoms with Gasteiger partial charge in [-0.15, -0.1) is 0 Å². The predicted molar refractivity (Wildman–Crippen MR) is 104 cm³/mol. The third-order valence-electron chi connectivity index (χ3n) is 4.61. The van der Waals surface area contributed by atoms with Crippen molar-refractivity contribution in [3.05, 3.63) is 52.7 Å². The minimum Gasteiger partial charge on any atom is -0.495 e. The highest BCUT2D eigenvalue weighted by Crippen LogP contribution is 2.41. The topological polar surface area (TPSA) is 74.0 Å². The van der Waals surface area contributed by atoms with E-state index in [2.05, 4.69) is 5.16 Å². The number of carbonyl (C=O) groups excluding carboxylic acids is 1. The molecule has 2 aromatic carbocycles. The van der Waals surface area contributed by atoms with Crippen molar-refractivity contribution in [1.29, 1.82) is 0 Å². The van der Waals surface area contributed by atoms with Gasteiger partial charge < -0.3 is 23.6 Å². The number of hydrogen-bond donors (Lipinski definition) is 0. The Morgan fingerprint density at radius 1 is 1.18 bits per heavy atom. The van der Waals surface area contributed by atoms with Crippen LogP contribution in [-0.2, 0) is 6.61 Å². The van der Waals surface area contributed by atoms with Gasteiger partial charge in [-0.05, 0) is 18.2 Å². The number of ether oxygens (including phenoxy) is 3. The molecule has 0 aliphatic carbocycles. The van der Waals surface area contributed by atoms with Gasteiger partial charge in [0.2, 0.25) is 0 Å². The summed E-state index contributed by atoms with van der Waals surface area (Å²) in [4.78, 5) is 14.5. The van der Waals surface area contributed by atoms with Crippen LogP contribution in [0.2, 0.25) is 5.02 Å². The van der Waals surface area contributed by atoms with Crippen molar-refractivity contribution in [1.82, 2.24) is 5.16 Å². The molecule has 1 aromatic heterocycles. The molecule has 0 bridgehead atoms. The fourth-order valence-corrected chi connectivity index (χ4v) is 3.36. The molecule has 0 N–H and O–H groups in total. The number of fused-ring (bicyclic) bond motifs is 3. The zero-order valence-electron chi connectivity index (χ0n) is 15.5. The first-order chi connectivity index (χ1) is 13.5. The van der Waals surface area contributed by atoms with Crippen molar-refractivity contribution >= 4 is 23.2 Å². The Bertz CT molecular complexity index is 1060. The highest BCUT2D eigenvalue weighted by atomic mass is 35.5. The van der Waals surface area contributed by atoms with Gasteiger partial charge in [-0.2, -0.15) is 0 Å². The van der Waals surface area contributed by atoms with Gasteiger partial charge in [0.05, 0.1) is 36.1 Å². The van der Waals surface area contributed by atoms with Crippen LogP contribution in [0.25, 0.3) is 11.3 Å². The van der Waals surface area contributed by atoms with Crippen molar-refractivity contribution in [2.75, 3.05) is 26.2 Å². The van der Waals surface area contributed by atoms with Crippen LogP contribution < -0.4 is 19.1 Å². The second kappa shape index (κ2) is 7.09. The highest BCUT2D eigenvalue weighted by molar-refractivity contribution is 6.32. The molecular weight excluding hydrogens is 384 g/mol. The molecule has 0 radical (unpaired) electrons. The molecule has 0 fully saturated rings. The number of carbonyl (C=O) groups is 1. The molecule has 1 aliphatic heterocycles. The van der Waals surface area contributed by atoms with Gasteiger partial charge >= 0.3 is 0 Å². The maximum Gasteiger partial charge on any atom is 0.280 e. The monoisotopic (exact) mass is 400 g/mol. The Labute approximate surface area is 166 Å². The SMILES string of the molecule is COc1cc(OC)c(N(C)C(=O)c2noc3c2COc2ccccc2-3)cc1Cl. The van der Waals surface area contributed by atoms with E-state index >= 15 is 0 Å². The molecule has 28 heavy (non-hydrogen) atoms. The summed E-state index contributed by atoms with van der Waals surface area (Å²) in [5.41, 5.74) is 2.03. The number of benzene rings is 2. The summed E-state index contributed by atoms with van der Waals surface area (Å²) >= 11 is 6.23. The fraction of sp³-hybridized carbons (Fsp3) is 0.200. The molecule has 4 rings (SSSR count). The van der Waals surface area contributed by atoms with E-state index in [4.69, 9.17) is 30.3 Å². The Morgan fingerprint density at radius 3 is 2.68 bits per heavy atom. The maximum absolute atomic E-state index is 13.1. The van der Waals surface area contributed by atoms with Crippen LogP contribution in [0.15, 0.2) is 40.9 Å². The first kappa shape index (κ1) is 18.2. The van der Waals surface area contributed by atoms with Gasteiger partial charge in [-0.1, -0.05) is 28.9 Å². The fourth-order valence-electron chi connectivity index (χ4n) is 3.13. The molecule has 0 atom stereocenters. The van der Waals surface area contributed by atoms with Crippen LogP contribution in [0.1, 0.15) is 16.1 Å². The standard InChI is InChI=1S/C20H17ClN2O5/c1-23(14-8-13(21)16(25-2)9-17(14)26-3)20(24)18-12-10-27-15-7-5-4-6-11(15)19(12)28-22-18/h4-9H,10H2,1-3H3. The number of anilines is 1. The van der Waals surface area contributed by atoms with Gasteiger partial charge in [-0.3, -0.25) is 4.79 Å². The molecular formula is C20H17ClN2O5. The molecule has 1 amide bonds. The van der Waals surface area contributed by atoms with E-state index in [9.17, 15) is 4.79 Å². The number of hydrogen-bond acceptors (Lipinski definition) is 6. The smallest absolute Gasteiger partial charge is 0.280 e. The van der Waals surface area contributed by atoms with E-state index < -0.39 is 0 Å². The summed E-state index contributed by atoms with van der Waals surface area (Å²) in [5.74, 6) is 1.76. The van der Waals surface area contributed by atoms with E-state index in [1.807, 2.05) is 24.3 Å².